The number of hydrogen-bond acceptors (Lipinski definition) is 3. The molecule has 0 aromatic heterocycles. The molecule has 1 N–H and O–H groups in total. The van der Waals surface area contributed by atoms with Gasteiger partial charge in [-0.25, -0.2) is 0 Å². The van der Waals surface area contributed by atoms with Crippen molar-refractivity contribution in [3.05, 3.63) is 0 Å². The molecule has 3 aliphatic rings. The van der Waals surface area contributed by atoms with Gasteiger partial charge >= 0.3 is 5.97 Å². The van der Waals surface area contributed by atoms with Crippen LogP contribution in [-0.4, -0.2) is 48.7 Å². The predicted molar refractivity (Wildman–Crippen MR) is 72.1 cm³/mol. The fourth-order valence-corrected chi connectivity index (χ4v) is 4.15. The molecule has 20 heavy (non-hydrogen) atoms. The summed E-state index contributed by atoms with van der Waals surface area (Å²) in [5.74, 6) is -0.385. The van der Waals surface area contributed by atoms with Crippen LogP contribution < -0.4 is 0 Å². The van der Waals surface area contributed by atoms with Crippen LogP contribution in [0.25, 0.3) is 0 Å². The molecule has 0 aromatic rings. The molecule has 0 aromatic carbocycles. The van der Waals surface area contributed by atoms with Crippen LogP contribution in [0.2, 0.25) is 0 Å². The summed E-state index contributed by atoms with van der Waals surface area (Å²) in [6, 6.07) is 0. The first-order chi connectivity index (χ1) is 9.54. The van der Waals surface area contributed by atoms with Gasteiger partial charge in [0.25, 0.3) is 0 Å². The van der Waals surface area contributed by atoms with E-state index < -0.39 is 11.4 Å². The highest BCUT2D eigenvalue weighted by Gasteiger charge is 2.59. The monoisotopic (exact) mass is 281 g/mol. The molecule has 1 amide bonds. The molecule has 3 rings (SSSR count). The molecule has 0 bridgehead atoms. The minimum Gasteiger partial charge on any atom is -0.481 e. The molecular weight excluding hydrogens is 258 g/mol. The summed E-state index contributed by atoms with van der Waals surface area (Å²) in [5.41, 5.74) is -0.901. The maximum atomic E-state index is 12.7. The largest absolute Gasteiger partial charge is 0.481 e. The summed E-state index contributed by atoms with van der Waals surface area (Å²) in [6.45, 7) is 1.66. The van der Waals surface area contributed by atoms with Gasteiger partial charge in [0.05, 0.1) is 10.8 Å². The lowest BCUT2D eigenvalue weighted by Crippen LogP contribution is -2.40. The van der Waals surface area contributed by atoms with Gasteiger partial charge in [-0.2, -0.15) is 0 Å². The van der Waals surface area contributed by atoms with Gasteiger partial charge in [0.15, 0.2) is 0 Å². The minimum absolute atomic E-state index is 0.155. The Bertz CT molecular complexity index is 432. The van der Waals surface area contributed by atoms with Crippen LogP contribution in [-0.2, 0) is 14.3 Å². The number of fused-ring (bicyclic) bond motifs is 1. The van der Waals surface area contributed by atoms with E-state index in [2.05, 4.69) is 0 Å². The number of nitrogens with zero attached hydrogens (tertiary/aromatic N) is 1. The summed E-state index contributed by atoms with van der Waals surface area (Å²) in [4.78, 5) is 26.2. The number of carboxylic acids is 1. The molecule has 1 saturated heterocycles. The number of methoxy groups -OCH3 is 1. The van der Waals surface area contributed by atoms with E-state index in [0.717, 1.165) is 38.5 Å². The quantitative estimate of drug-likeness (QED) is 0.829. The third-order valence-corrected chi connectivity index (χ3v) is 5.68. The summed E-state index contributed by atoms with van der Waals surface area (Å²) < 4.78 is 5.10. The Morgan fingerprint density at radius 2 is 2.10 bits per heavy atom. The van der Waals surface area contributed by atoms with Gasteiger partial charge in [0.2, 0.25) is 5.91 Å². The molecule has 1 heterocycles. The second-order valence-corrected chi connectivity index (χ2v) is 6.76. The van der Waals surface area contributed by atoms with Crippen molar-refractivity contribution in [2.24, 2.45) is 16.7 Å². The molecule has 0 spiro atoms. The Balaban J connectivity index is 1.71. The van der Waals surface area contributed by atoms with Gasteiger partial charge in [0.1, 0.15) is 0 Å². The van der Waals surface area contributed by atoms with Crippen LogP contribution in [0.15, 0.2) is 0 Å². The van der Waals surface area contributed by atoms with Gasteiger partial charge < -0.3 is 14.7 Å². The average Bonchev–Trinajstić information content (AvgIpc) is 2.94. The number of carbonyl (C=O) groups is 2. The summed E-state index contributed by atoms with van der Waals surface area (Å²) in [6.07, 6.45) is 5.27. The molecule has 112 valence electrons. The maximum Gasteiger partial charge on any atom is 0.311 e. The molecule has 2 aliphatic carbocycles. The molecule has 0 unspecified atom stereocenters. The number of carboxylic acid groups (broad SMARTS) is 1. The molecule has 2 atom stereocenters. The molecule has 2 saturated carbocycles. The third kappa shape index (κ3) is 1.94. The Morgan fingerprint density at radius 3 is 2.65 bits per heavy atom. The topological polar surface area (TPSA) is 66.8 Å². The minimum atomic E-state index is -0.711. The van der Waals surface area contributed by atoms with E-state index in [1.807, 2.05) is 4.90 Å². The first kappa shape index (κ1) is 13.9. The van der Waals surface area contributed by atoms with E-state index in [9.17, 15) is 14.7 Å². The van der Waals surface area contributed by atoms with Crippen LogP contribution in [0.4, 0.5) is 0 Å². The number of rotatable bonds is 5. The predicted octanol–water partition coefficient (Wildman–Crippen LogP) is 1.52. The first-order valence-electron chi connectivity index (χ1n) is 7.56. The zero-order valence-electron chi connectivity index (χ0n) is 12.1. The second-order valence-electron chi connectivity index (χ2n) is 6.76. The normalized spacial score (nSPS) is 34.0. The third-order valence-electron chi connectivity index (χ3n) is 5.68. The number of carbonyl (C=O) groups excluding carboxylic acids is 1. The Morgan fingerprint density at radius 1 is 1.35 bits per heavy atom. The lowest BCUT2D eigenvalue weighted by molar-refractivity contribution is -0.150. The highest BCUT2D eigenvalue weighted by molar-refractivity contribution is 5.87. The first-order valence-corrected chi connectivity index (χ1v) is 7.56. The zero-order chi connectivity index (χ0) is 14.4. The summed E-state index contributed by atoms with van der Waals surface area (Å²) in [7, 11) is 1.65. The van der Waals surface area contributed by atoms with Crippen molar-refractivity contribution < 1.29 is 19.4 Å². The van der Waals surface area contributed by atoms with E-state index in [4.69, 9.17) is 4.74 Å². The standard InChI is InChI=1S/C15H23NO4/c1-20-8-7-14(5-6-14)12(17)16-9-11-3-2-4-15(11,10-16)13(18)19/h11H,2-10H2,1H3,(H,18,19)/t11-,15+/m0/s1. The SMILES string of the molecule is COCCC1(C(=O)N2C[C@@H]3CCC[C@@]3(C(=O)O)C2)CC1. The number of hydrogen-bond donors (Lipinski definition) is 1. The van der Waals surface area contributed by atoms with Crippen molar-refractivity contribution in [1.82, 2.24) is 4.90 Å². The van der Waals surface area contributed by atoms with Crippen LogP contribution in [0, 0.1) is 16.7 Å². The smallest absolute Gasteiger partial charge is 0.311 e. The lowest BCUT2D eigenvalue weighted by atomic mass is 9.81. The molecule has 1 aliphatic heterocycles. The Labute approximate surface area is 119 Å². The maximum absolute atomic E-state index is 12.7. The van der Waals surface area contributed by atoms with Crippen molar-refractivity contribution in [3.63, 3.8) is 0 Å². The van der Waals surface area contributed by atoms with Crippen molar-refractivity contribution in [3.8, 4) is 0 Å². The van der Waals surface area contributed by atoms with Crippen molar-refractivity contribution in [1.29, 1.82) is 0 Å². The van der Waals surface area contributed by atoms with Crippen LogP contribution in [0.5, 0.6) is 0 Å². The van der Waals surface area contributed by atoms with Crippen LogP contribution in [0.1, 0.15) is 38.5 Å². The fraction of sp³-hybridized carbons (Fsp3) is 0.867. The van der Waals surface area contributed by atoms with Gasteiger partial charge in [-0.3, -0.25) is 9.59 Å². The van der Waals surface area contributed by atoms with E-state index in [1.54, 1.807) is 7.11 Å². The van der Waals surface area contributed by atoms with Gasteiger partial charge in [0, 0.05) is 26.8 Å². The number of ether oxygens (including phenoxy) is 1. The van der Waals surface area contributed by atoms with Crippen LogP contribution >= 0.6 is 0 Å². The van der Waals surface area contributed by atoms with Crippen molar-refractivity contribution in [2.45, 2.75) is 38.5 Å². The lowest BCUT2D eigenvalue weighted by Gasteiger charge is -2.26. The Kier molecular flexibility index (Phi) is 3.27. The van der Waals surface area contributed by atoms with Gasteiger partial charge in [-0.05, 0) is 38.0 Å². The summed E-state index contributed by atoms with van der Waals surface area (Å²) in [5, 5.41) is 9.58. The van der Waals surface area contributed by atoms with E-state index in [0.29, 0.717) is 19.7 Å². The molecule has 5 nitrogen and oxygen atoms in total. The fourth-order valence-electron chi connectivity index (χ4n) is 4.15. The van der Waals surface area contributed by atoms with E-state index in [1.165, 1.54) is 0 Å². The van der Waals surface area contributed by atoms with Crippen molar-refractivity contribution in [2.75, 3.05) is 26.8 Å². The van der Waals surface area contributed by atoms with Crippen LogP contribution in [0.3, 0.4) is 0 Å². The number of likely N-dealkylation sites (tertiary alicyclic amines) is 1. The second kappa shape index (κ2) is 4.72. The molecule has 5 heteroatoms. The number of amides is 1. The average molecular weight is 281 g/mol. The Hall–Kier alpha value is -1.10. The molecular formula is C15H23NO4. The molecule has 3 fully saturated rings. The highest BCUT2D eigenvalue weighted by atomic mass is 16.5. The van der Waals surface area contributed by atoms with Gasteiger partial charge in [-0.1, -0.05) is 6.42 Å². The highest BCUT2D eigenvalue weighted by Crippen LogP contribution is 2.54. The summed E-state index contributed by atoms with van der Waals surface area (Å²) >= 11 is 0. The van der Waals surface area contributed by atoms with E-state index >= 15 is 0 Å². The van der Waals surface area contributed by atoms with E-state index in [-0.39, 0.29) is 17.2 Å². The zero-order valence-corrected chi connectivity index (χ0v) is 12.1. The molecule has 0 radical (unpaired) electrons. The number of aliphatic carboxylic acids is 1. The van der Waals surface area contributed by atoms with Gasteiger partial charge in [-0.15, -0.1) is 0 Å². The van der Waals surface area contributed by atoms with Crippen molar-refractivity contribution >= 4 is 11.9 Å².